The first kappa shape index (κ1) is 42.6. The third-order valence-corrected chi connectivity index (χ3v) is 6.93. The molecule has 0 radical (unpaired) electrons. The van der Waals surface area contributed by atoms with Gasteiger partial charge in [-0.15, -0.1) is 0 Å². The van der Waals surface area contributed by atoms with Crippen LogP contribution < -0.4 is 11.1 Å². The number of nitrogen functional groups attached to an aromatic ring is 1. The number of carbonyl (C=O) groups is 2. The van der Waals surface area contributed by atoms with Crippen molar-refractivity contribution in [1.82, 2.24) is 0 Å². The Hall–Kier alpha value is -3.56. The molecule has 0 fully saturated rings. The second-order valence-corrected chi connectivity index (χ2v) is 9.71. The molecule has 0 aliphatic heterocycles. The van der Waals surface area contributed by atoms with E-state index in [0.717, 1.165) is 25.1 Å². The van der Waals surface area contributed by atoms with Crippen LogP contribution in [-0.4, -0.2) is 58.9 Å². The first-order valence-electron chi connectivity index (χ1n) is 10.9. The quantitative estimate of drug-likeness (QED) is 0.0754. The maximum Gasteiger partial charge on any atom is 0.423 e. The average Bonchev–Trinajstić information content (AvgIpc) is 2.87. The Labute approximate surface area is 261 Å². The number of carboxylic acids is 1. The number of carboxylic acid groups (broad SMARTS) is 1. The van der Waals surface area contributed by atoms with Gasteiger partial charge in [-0.2, -0.15) is 26.3 Å². The molecule has 0 bridgehead atoms. The molecule has 0 aromatic heterocycles. The normalized spacial score (nSPS) is 13.6. The highest BCUT2D eigenvalue weighted by Gasteiger charge is 2.39. The number of nitrogens with two attached hydrogens (primary N) is 1. The van der Waals surface area contributed by atoms with Gasteiger partial charge in [-0.05, 0) is 38.1 Å². The van der Waals surface area contributed by atoms with Crippen molar-refractivity contribution in [3.63, 3.8) is 0 Å². The summed E-state index contributed by atoms with van der Waals surface area (Å²) in [6, 6.07) is 4.36. The van der Waals surface area contributed by atoms with Gasteiger partial charge in [0, 0.05) is 34.2 Å². The van der Waals surface area contributed by atoms with Gasteiger partial charge in [-0.25, -0.2) is 4.79 Å². The molecule has 0 saturated heterocycles. The van der Waals surface area contributed by atoms with Crippen LogP contribution in [0.5, 0.6) is 0 Å². The maximum atomic E-state index is 12.8. The Morgan fingerprint density at radius 2 is 1.23 bits per heavy atom. The zero-order valence-electron chi connectivity index (χ0n) is 21.7. The Morgan fingerprint density at radius 3 is 1.55 bits per heavy atom. The van der Waals surface area contributed by atoms with E-state index in [2.05, 4.69) is 37.2 Å². The SMILES string of the molecule is C.C[C@](O)(CBr)C(=O)Nc1ccc([N+](=O)[O-])c(C(F)(F)F)c1.C[C@](O)(CBr)C(=O)O.Nc1ccc([N+](=O)[O-])c(C(F)(F)F)c1. The predicted octanol–water partition coefficient (Wildman–Crippen LogP) is 5.75. The van der Waals surface area contributed by atoms with E-state index in [4.69, 9.17) is 15.9 Å². The smallest absolute Gasteiger partial charge is 0.423 e. The van der Waals surface area contributed by atoms with Crippen molar-refractivity contribution in [2.24, 2.45) is 0 Å². The number of rotatable bonds is 7. The maximum absolute atomic E-state index is 12.8. The number of nitro groups is 2. The van der Waals surface area contributed by atoms with Crippen molar-refractivity contribution in [2.45, 2.75) is 44.8 Å². The van der Waals surface area contributed by atoms with Crippen molar-refractivity contribution in [3.05, 3.63) is 67.8 Å². The zero-order valence-corrected chi connectivity index (χ0v) is 24.8. The van der Waals surface area contributed by atoms with Crippen LogP contribution >= 0.6 is 31.9 Å². The number of nitrogens with zero attached hydrogens (tertiary/aromatic N) is 2. The lowest BCUT2D eigenvalue weighted by molar-refractivity contribution is -0.388. The van der Waals surface area contributed by atoms with Crippen molar-refractivity contribution in [3.8, 4) is 0 Å². The van der Waals surface area contributed by atoms with Crippen LogP contribution in [0.3, 0.4) is 0 Å². The number of nitrogens with one attached hydrogen (secondary N) is 1. The second kappa shape index (κ2) is 16.5. The van der Waals surface area contributed by atoms with Gasteiger partial charge < -0.3 is 26.4 Å². The van der Waals surface area contributed by atoms with Crippen LogP contribution in [-0.2, 0) is 21.9 Å². The standard InChI is InChI=1S/C11H10BrF3N2O4.C7H5F3N2O2.C4H7BrO3.CH4/c1-10(19,5-12)9(18)16-6-2-3-8(17(20)21)7(4-6)11(13,14)15;8-7(9,10)5-3-4(11)1-2-6(5)12(13)14;1-4(8,2-5)3(6)7;/h2-4,19H,5H2,1H3,(H,16,18);1-3H,11H2;8H,2H2,1H3,(H,6,7);1H4/t10-;;4-;/m0.0./s1. The van der Waals surface area contributed by atoms with E-state index in [0.29, 0.717) is 18.2 Å². The Balaban J connectivity index is 0. The lowest BCUT2D eigenvalue weighted by Crippen LogP contribution is -2.41. The van der Waals surface area contributed by atoms with Crippen molar-refractivity contribution in [1.29, 1.82) is 0 Å². The predicted molar refractivity (Wildman–Crippen MR) is 152 cm³/mol. The molecule has 2 aromatic carbocycles. The molecule has 0 saturated carbocycles. The average molecular weight is 776 g/mol. The highest BCUT2D eigenvalue weighted by atomic mass is 79.9. The van der Waals surface area contributed by atoms with Crippen LogP contribution in [0.15, 0.2) is 36.4 Å². The van der Waals surface area contributed by atoms with Gasteiger partial charge in [-0.3, -0.25) is 25.0 Å². The molecular formula is C23H26Br2F6N4O9. The van der Waals surface area contributed by atoms with E-state index in [-0.39, 0.29) is 29.5 Å². The van der Waals surface area contributed by atoms with Crippen LogP contribution in [0.4, 0.5) is 49.1 Å². The van der Waals surface area contributed by atoms with Gasteiger partial charge in [0.15, 0.2) is 5.60 Å². The molecular weight excluding hydrogens is 750 g/mol. The van der Waals surface area contributed by atoms with E-state index in [1.54, 1.807) is 0 Å². The summed E-state index contributed by atoms with van der Waals surface area (Å²) in [5, 5.41) is 49.4. The van der Waals surface area contributed by atoms with Gasteiger partial charge in [0.1, 0.15) is 16.7 Å². The van der Waals surface area contributed by atoms with E-state index < -0.39 is 67.8 Å². The monoisotopic (exact) mass is 774 g/mol. The number of hydrogen-bond acceptors (Lipinski definition) is 9. The minimum atomic E-state index is -4.94. The zero-order chi connectivity index (χ0) is 34.1. The van der Waals surface area contributed by atoms with E-state index in [1.807, 2.05) is 0 Å². The van der Waals surface area contributed by atoms with Crippen molar-refractivity contribution in [2.75, 3.05) is 21.7 Å². The number of anilines is 2. The number of aliphatic carboxylic acids is 1. The molecule has 2 aromatic rings. The first-order chi connectivity index (χ1) is 19.3. The third-order valence-electron chi connectivity index (χ3n) is 4.75. The van der Waals surface area contributed by atoms with E-state index in [9.17, 15) is 61.3 Å². The van der Waals surface area contributed by atoms with Crippen LogP contribution in [0.2, 0.25) is 0 Å². The molecule has 0 aliphatic rings. The van der Waals surface area contributed by atoms with Crippen LogP contribution in [0.1, 0.15) is 32.4 Å². The van der Waals surface area contributed by atoms with Gasteiger partial charge in [0.05, 0.1) is 9.85 Å². The highest BCUT2D eigenvalue weighted by molar-refractivity contribution is 9.09. The second-order valence-electron chi connectivity index (χ2n) is 8.59. The van der Waals surface area contributed by atoms with Gasteiger partial charge in [-0.1, -0.05) is 39.3 Å². The molecule has 0 unspecified atom stereocenters. The summed E-state index contributed by atoms with van der Waals surface area (Å²) in [7, 11) is 0. The third kappa shape index (κ3) is 13.0. The largest absolute Gasteiger partial charge is 0.479 e. The fraction of sp³-hybridized carbons (Fsp3) is 0.391. The Kier molecular flexibility index (Phi) is 16.0. The summed E-state index contributed by atoms with van der Waals surface area (Å²) >= 11 is 5.72. The number of halogens is 8. The number of amides is 1. The van der Waals surface area contributed by atoms with Gasteiger partial charge in [0.25, 0.3) is 17.3 Å². The summed E-state index contributed by atoms with van der Waals surface area (Å²) in [5.41, 5.74) is -3.75. The number of nitro benzene ring substituents is 2. The van der Waals surface area contributed by atoms with Gasteiger partial charge >= 0.3 is 18.3 Å². The van der Waals surface area contributed by atoms with E-state index >= 15 is 0 Å². The summed E-state index contributed by atoms with van der Waals surface area (Å²) < 4.78 is 74.9. The molecule has 0 spiro atoms. The number of aliphatic hydroxyl groups is 2. The van der Waals surface area contributed by atoms with Crippen molar-refractivity contribution >= 4 is 66.5 Å². The fourth-order valence-electron chi connectivity index (χ4n) is 2.32. The van der Waals surface area contributed by atoms with Gasteiger partial charge in [0.2, 0.25) is 0 Å². The Morgan fingerprint density at radius 1 is 0.841 bits per heavy atom. The molecule has 6 N–H and O–H groups in total. The molecule has 248 valence electrons. The Bertz CT molecular complexity index is 1340. The lowest BCUT2D eigenvalue weighted by atomic mass is 10.1. The number of alkyl halides is 8. The summed E-state index contributed by atoms with van der Waals surface area (Å²) in [5.74, 6) is -2.16. The highest BCUT2D eigenvalue weighted by Crippen LogP contribution is 2.38. The number of carbonyl (C=O) groups excluding carboxylic acids is 1. The molecule has 0 heterocycles. The van der Waals surface area contributed by atoms with Crippen molar-refractivity contribution < 1.29 is 61.1 Å². The molecule has 21 heteroatoms. The van der Waals surface area contributed by atoms with Crippen LogP contribution in [0.25, 0.3) is 0 Å². The molecule has 2 rings (SSSR count). The molecule has 1 amide bonds. The molecule has 0 aliphatic carbocycles. The topological polar surface area (TPSA) is 219 Å². The van der Waals surface area contributed by atoms with Crippen LogP contribution in [0, 0.1) is 20.2 Å². The number of benzene rings is 2. The lowest BCUT2D eigenvalue weighted by Gasteiger charge is -2.19. The first-order valence-corrected chi connectivity index (χ1v) is 13.1. The number of hydrogen-bond donors (Lipinski definition) is 5. The minimum Gasteiger partial charge on any atom is -0.479 e. The fourth-order valence-corrected chi connectivity index (χ4v) is 2.82. The van der Waals surface area contributed by atoms with E-state index in [1.165, 1.54) is 6.92 Å². The summed E-state index contributed by atoms with van der Waals surface area (Å²) in [6.45, 7) is 2.39. The summed E-state index contributed by atoms with van der Waals surface area (Å²) in [4.78, 5) is 40.2. The summed E-state index contributed by atoms with van der Waals surface area (Å²) in [6.07, 6.45) is -9.71. The molecule has 44 heavy (non-hydrogen) atoms. The molecule has 2 atom stereocenters. The molecule has 13 nitrogen and oxygen atoms in total. The minimum absolute atomic E-state index is 0.